The molecule has 2 aromatic heterocycles. The first-order valence-corrected chi connectivity index (χ1v) is 22.8. The monoisotopic (exact) mass is 837 g/mol. The van der Waals surface area contributed by atoms with E-state index in [0.717, 1.165) is 50.3 Å². The topological polar surface area (TPSA) is 16.4 Å². The molecule has 0 atom stereocenters. The number of benzene rings is 9. The molecular weight excluding hydrogens is 795 g/mol. The molecule has 12 rings (SSSR count). The van der Waals surface area contributed by atoms with Crippen molar-refractivity contribution in [3.63, 3.8) is 0 Å². The second kappa shape index (κ2) is 15.0. The van der Waals surface area contributed by atoms with Crippen LogP contribution in [0.2, 0.25) is 0 Å². The average Bonchev–Trinajstić information content (AvgIpc) is 3.98. The van der Waals surface area contributed by atoms with Gasteiger partial charge in [-0.05, 0) is 122 Å². The van der Waals surface area contributed by atoms with E-state index in [1.807, 2.05) is 17.4 Å². The molecular formula is C61H43NOS. The van der Waals surface area contributed by atoms with Crippen molar-refractivity contribution in [3.05, 3.63) is 229 Å². The molecule has 2 heterocycles. The molecule has 0 bridgehead atoms. The molecule has 304 valence electrons. The summed E-state index contributed by atoms with van der Waals surface area (Å²) in [5, 5.41) is 6.01. The third kappa shape index (κ3) is 6.07. The minimum absolute atomic E-state index is 0.112. The number of para-hydroxylation sites is 1. The molecule has 3 heteroatoms. The van der Waals surface area contributed by atoms with Gasteiger partial charge in [-0.2, -0.15) is 0 Å². The summed E-state index contributed by atoms with van der Waals surface area (Å²) < 4.78 is 9.01. The molecule has 0 aliphatic heterocycles. The van der Waals surface area contributed by atoms with Crippen molar-refractivity contribution in [2.75, 3.05) is 4.90 Å². The largest absolute Gasteiger partial charge is 0.456 e. The van der Waals surface area contributed by atoms with Gasteiger partial charge in [0.2, 0.25) is 0 Å². The number of thiophene rings is 1. The van der Waals surface area contributed by atoms with E-state index >= 15 is 0 Å². The number of furan rings is 1. The first kappa shape index (κ1) is 38.0. The van der Waals surface area contributed by atoms with E-state index in [-0.39, 0.29) is 5.41 Å². The second-order valence-corrected chi connectivity index (χ2v) is 18.3. The van der Waals surface area contributed by atoms with Gasteiger partial charge in [-0.3, -0.25) is 0 Å². The third-order valence-corrected chi connectivity index (χ3v) is 14.5. The molecule has 0 spiro atoms. The Morgan fingerprint density at radius 3 is 1.94 bits per heavy atom. The predicted octanol–water partition coefficient (Wildman–Crippen LogP) is 17.9. The van der Waals surface area contributed by atoms with Gasteiger partial charge in [-0.1, -0.05) is 172 Å². The molecule has 0 amide bonds. The van der Waals surface area contributed by atoms with Gasteiger partial charge in [0.1, 0.15) is 11.3 Å². The number of nitrogens with zero attached hydrogens (tertiary/aromatic N) is 1. The standard InChI is InChI=1S/C61H43NOS/c1-4-56-49(53-37-42-16-5-6-17-43(42)38-57(53)63-56)36-31-41-15-7-11-25-55(41)62(45-34-29-40(30-35-45)47-21-14-23-52-50-19-9-12-26-58(50)64-60(47)52)44-32-27-39(28-33-44)46-20-13-22-51-48-18-8-10-24-54(48)61(2,3)59(46)51/h4-38H,1H2,2-3H3/b36-31+. The van der Waals surface area contributed by atoms with Crippen LogP contribution in [0.4, 0.5) is 17.1 Å². The van der Waals surface area contributed by atoms with E-state index in [4.69, 9.17) is 4.42 Å². The molecule has 0 saturated heterocycles. The lowest BCUT2D eigenvalue weighted by Gasteiger charge is -2.28. The van der Waals surface area contributed by atoms with Crippen LogP contribution in [0.1, 0.15) is 41.9 Å². The van der Waals surface area contributed by atoms with Crippen molar-refractivity contribution in [1.29, 1.82) is 0 Å². The zero-order chi connectivity index (χ0) is 42.9. The van der Waals surface area contributed by atoms with Crippen LogP contribution in [0.15, 0.2) is 205 Å². The highest BCUT2D eigenvalue weighted by atomic mass is 32.1. The maximum Gasteiger partial charge on any atom is 0.136 e. The first-order valence-electron chi connectivity index (χ1n) is 21.9. The first-order chi connectivity index (χ1) is 31.4. The van der Waals surface area contributed by atoms with Crippen LogP contribution in [0.3, 0.4) is 0 Å². The Kier molecular flexibility index (Phi) is 8.89. The van der Waals surface area contributed by atoms with Gasteiger partial charge in [0.25, 0.3) is 0 Å². The minimum atomic E-state index is -0.112. The highest BCUT2D eigenvalue weighted by molar-refractivity contribution is 7.26. The molecule has 2 nitrogen and oxygen atoms in total. The second-order valence-electron chi connectivity index (χ2n) is 17.3. The van der Waals surface area contributed by atoms with Gasteiger partial charge in [0.15, 0.2) is 0 Å². The summed E-state index contributed by atoms with van der Waals surface area (Å²) in [4.78, 5) is 2.39. The van der Waals surface area contributed by atoms with E-state index in [9.17, 15) is 0 Å². The third-order valence-electron chi connectivity index (χ3n) is 13.3. The van der Waals surface area contributed by atoms with Crippen molar-refractivity contribution in [2.45, 2.75) is 19.3 Å². The maximum atomic E-state index is 6.38. The van der Waals surface area contributed by atoms with Crippen molar-refractivity contribution in [2.24, 2.45) is 0 Å². The molecule has 1 aliphatic rings. The lowest BCUT2D eigenvalue weighted by molar-refractivity contribution is 0.604. The Labute approximate surface area is 377 Å². The molecule has 11 aromatic rings. The summed E-state index contributed by atoms with van der Waals surface area (Å²) in [5.74, 6) is 0.759. The summed E-state index contributed by atoms with van der Waals surface area (Å²) in [6, 6.07) is 70.7. The quantitative estimate of drug-likeness (QED) is 0.152. The average molecular weight is 838 g/mol. The zero-order valence-corrected chi connectivity index (χ0v) is 36.5. The molecule has 9 aromatic carbocycles. The minimum Gasteiger partial charge on any atom is -0.456 e. The Morgan fingerprint density at radius 2 is 1.14 bits per heavy atom. The van der Waals surface area contributed by atoms with E-state index < -0.39 is 0 Å². The molecule has 0 saturated carbocycles. The van der Waals surface area contributed by atoms with Crippen LogP contribution in [-0.4, -0.2) is 0 Å². The fourth-order valence-electron chi connectivity index (χ4n) is 10.2. The normalized spacial score (nSPS) is 13.0. The lowest BCUT2D eigenvalue weighted by atomic mass is 9.79. The van der Waals surface area contributed by atoms with Gasteiger partial charge in [-0.25, -0.2) is 0 Å². The molecule has 0 unspecified atom stereocenters. The Morgan fingerprint density at radius 1 is 0.531 bits per heavy atom. The van der Waals surface area contributed by atoms with Crippen LogP contribution < -0.4 is 4.90 Å². The number of rotatable bonds is 8. The van der Waals surface area contributed by atoms with E-state index in [1.54, 1.807) is 0 Å². The van der Waals surface area contributed by atoms with Gasteiger partial charge >= 0.3 is 0 Å². The molecule has 0 N–H and O–H groups in total. The number of hydrogen-bond acceptors (Lipinski definition) is 3. The van der Waals surface area contributed by atoms with Crippen LogP contribution in [0, 0.1) is 0 Å². The smallest absolute Gasteiger partial charge is 0.136 e. The summed E-state index contributed by atoms with van der Waals surface area (Å²) in [6.45, 7) is 8.84. The van der Waals surface area contributed by atoms with Gasteiger partial charge < -0.3 is 9.32 Å². The van der Waals surface area contributed by atoms with Crippen molar-refractivity contribution in [3.8, 4) is 33.4 Å². The predicted molar refractivity (Wildman–Crippen MR) is 275 cm³/mol. The highest BCUT2D eigenvalue weighted by Gasteiger charge is 2.37. The summed E-state index contributed by atoms with van der Waals surface area (Å²) in [5.41, 5.74) is 16.4. The number of hydrogen-bond donors (Lipinski definition) is 0. The van der Waals surface area contributed by atoms with Gasteiger partial charge in [0, 0.05) is 47.9 Å². The van der Waals surface area contributed by atoms with Crippen molar-refractivity contribution < 1.29 is 4.42 Å². The molecule has 1 aliphatic carbocycles. The fraction of sp³-hybridized carbons (Fsp3) is 0.0492. The molecule has 0 radical (unpaired) electrons. The maximum absolute atomic E-state index is 6.38. The Hall–Kier alpha value is -7.72. The SMILES string of the molecule is C=Cc1oc2cc3ccccc3cc2c1/C=C/c1ccccc1N(c1ccc(-c2cccc3c2C(C)(C)c2ccccc2-3)cc1)c1ccc(-c2cccc3c2sc2ccccc23)cc1. The number of fused-ring (bicyclic) bond motifs is 8. The summed E-state index contributed by atoms with van der Waals surface area (Å²) in [7, 11) is 0. The summed E-state index contributed by atoms with van der Waals surface area (Å²) >= 11 is 1.87. The van der Waals surface area contributed by atoms with Crippen LogP contribution in [0.25, 0.3) is 93.5 Å². The van der Waals surface area contributed by atoms with Crippen molar-refractivity contribution >= 4 is 88.5 Å². The van der Waals surface area contributed by atoms with E-state index in [0.29, 0.717) is 0 Å². The number of anilines is 3. The molecule has 64 heavy (non-hydrogen) atoms. The lowest BCUT2D eigenvalue weighted by Crippen LogP contribution is -2.16. The van der Waals surface area contributed by atoms with Crippen LogP contribution in [-0.2, 0) is 5.41 Å². The van der Waals surface area contributed by atoms with Crippen LogP contribution in [0.5, 0.6) is 0 Å². The summed E-state index contributed by atoms with van der Waals surface area (Å²) in [6.07, 6.45) is 6.21. The van der Waals surface area contributed by atoms with E-state index in [1.165, 1.54) is 70.1 Å². The Bertz CT molecular complexity index is 3660. The zero-order valence-electron chi connectivity index (χ0n) is 35.7. The Balaban J connectivity index is 0.980. The fourth-order valence-corrected chi connectivity index (χ4v) is 11.5. The van der Waals surface area contributed by atoms with Crippen LogP contribution >= 0.6 is 11.3 Å². The van der Waals surface area contributed by atoms with Gasteiger partial charge in [-0.15, -0.1) is 11.3 Å². The van der Waals surface area contributed by atoms with Crippen molar-refractivity contribution in [1.82, 2.24) is 0 Å². The van der Waals surface area contributed by atoms with E-state index in [2.05, 4.69) is 232 Å². The highest BCUT2D eigenvalue weighted by Crippen LogP contribution is 2.52. The molecule has 0 fully saturated rings. The van der Waals surface area contributed by atoms with Gasteiger partial charge in [0.05, 0.1) is 5.69 Å².